The molecule has 0 bridgehead atoms. The molecule has 200 valence electrons. The quantitative estimate of drug-likeness (QED) is 0.226. The Labute approximate surface area is 216 Å². The number of ether oxygens (including phenoxy) is 5. The number of hydrogen-bond acceptors (Lipinski definition) is 6. The molecule has 6 nitrogen and oxygen atoms in total. The molecular weight excluding hydrogens is 468 g/mol. The lowest BCUT2D eigenvalue weighted by molar-refractivity contribution is -0.0414. The number of rotatable bonds is 13. The monoisotopic (exact) mass is 512 g/mol. The first-order chi connectivity index (χ1) is 17.2. The van der Waals surface area contributed by atoms with Crippen LogP contribution in [0.1, 0.15) is 87.1 Å². The third kappa shape index (κ3) is 14.2. The topological polar surface area (TPSA) is 63.2 Å². The Morgan fingerprint density at radius 2 is 1.54 bits per heavy atom. The lowest BCUT2D eigenvalue weighted by Crippen LogP contribution is -2.26. The van der Waals surface area contributed by atoms with Gasteiger partial charge in [-0.1, -0.05) is 57.9 Å². The molecule has 1 saturated heterocycles. The zero-order valence-electron chi connectivity index (χ0n) is 21.6. The Bertz CT molecular complexity index is 669. The van der Waals surface area contributed by atoms with Crippen molar-refractivity contribution in [3.63, 3.8) is 0 Å². The molecule has 0 radical (unpaired) electrons. The van der Waals surface area contributed by atoms with Crippen LogP contribution in [0.15, 0.2) is 18.2 Å². The fourth-order valence-electron chi connectivity index (χ4n) is 4.05. The highest BCUT2D eigenvalue weighted by Gasteiger charge is 2.16. The summed E-state index contributed by atoms with van der Waals surface area (Å²) in [6, 6.07) is 5.76. The van der Waals surface area contributed by atoms with Crippen LogP contribution in [0.5, 0.6) is 5.75 Å². The van der Waals surface area contributed by atoms with Gasteiger partial charge in [0.2, 0.25) is 0 Å². The van der Waals surface area contributed by atoms with Gasteiger partial charge in [0.1, 0.15) is 12.4 Å². The highest BCUT2D eigenvalue weighted by atomic mass is 35.5. The second-order valence-corrected chi connectivity index (χ2v) is 9.46. The Morgan fingerprint density at radius 3 is 2.26 bits per heavy atom. The van der Waals surface area contributed by atoms with Crippen LogP contribution in [-0.2, 0) is 25.4 Å². The molecule has 7 heteroatoms. The molecule has 0 aromatic heterocycles. The van der Waals surface area contributed by atoms with Crippen molar-refractivity contribution in [3.8, 4) is 5.75 Å². The van der Waals surface area contributed by atoms with E-state index in [0.717, 1.165) is 24.8 Å². The van der Waals surface area contributed by atoms with E-state index in [1.165, 1.54) is 44.9 Å². The minimum Gasteiger partial charge on any atom is -0.490 e. The smallest absolute Gasteiger partial charge is 0.256 e. The number of benzene rings is 1. The van der Waals surface area contributed by atoms with Crippen molar-refractivity contribution in [2.45, 2.75) is 83.7 Å². The molecular formula is C28H45ClO6. The van der Waals surface area contributed by atoms with Crippen LogP contribution in [-0.4, -0.2) is 64.2 Å². The van der Waals surface area contributed by atoms with E-state index < -0.39 is 5.24 Å². The normalized spacial score (nSPS) is 18.6. The molecule has 1 heterocycles. The molecule has 0 N–H and O–H groups in total. The van der Waals surface area contributed by atoms with E-state index in [0.29, 0.717) is 70.6 Å². The molecule has 2 rings (SSSR count). The summed E-state index contributed by atoms with van der Waals surface area (Å²) in [5, 5.41) is -0.499. The molecule has 1 aromatic carbocycles. The fraction of sp³-hybridized carbons (Fsp3) is 0.750. The Hall–Kier alpha value is -1.18. The molecule has 1 fully saturated rings. The lowest BCUT2D eigenvalue weighted by Gasteiger charge is -2.20. The molecule has 0 spiro atoms. The highest BCUT2D eigenvalue weighted by Crippen LogP contribution is 2.24. The first-order valence-electron chi connectivity index (χ1n) is 13.5. The largest absolute Gasteiger partial charge is 0.490 e. The van der Waals surface area contributed by atoms with Gasteiger partial charge in [-0.2, -0.15) is 0 Å². The molecule has 0 amide bonds. The van der Waals surface area contributed by atoms with Gasteiger partial charge in [0.15, 0.2) is 0 Å². The average Bonchev–Trinajstić information content (AvgIpc) is 2.86. The van der Waals surface area contributed by atoms with Gasteiger partial charge < -0.3 is 23.7 Å². The lowest BCUT2D eigenvalue weighted by atomic mass is 10.0. The van der Waals surface area contributed by atoms with Gasteiger partial charge in [-0.15, -0.1) is 0 Å². The first kappa shape index (κ1) is 30.0. The van der Waals surface area contributed by atoms with Crippen LogP contribution in [0.25, 0.3) is 0 Å². The molecule has 1 unspecified atom stereocenters. The van der Waals surface area contributed by atoms with Crippen LogP contribution >= 0.6 is 11.6 Å². The minimum absolute atomic E-state index is 0.169. The van der Waals surface area contributed by atoms with Crippen molar-refractivity contribution in [1.82, 2.24) is 0 Å². The minimum atomic E-state index is -0.499. The van der Waals surface area contributed by atoms with Gasteiger partial charge in [-0.25, -0.2) is 0 Å². The van der Waals surface area contributed by atoms with Crippen LogP contribution in [0.4, 0.5) is 0 Å². The molecule has 35 heavy (non-hydrogen) atoms. The Kier molecular flexibility index (Phi) is 17.1. The predicted molar refractivity (Wildman–Crippen MR) is 140 cm³/mol. The van der Waals surface area contributed by atoms with E-state index >= 15 is 0 Å². The number of unbranched alkanes of at least 4 members (excludes halogenated alkanes) is 7. The number of aryl methyl sites for hydroxylation is 1. The van der Waals surface area contributed by atoms with Gasteiger partial charge >= 0.3 is 0 Å². The van der Waals surface area contributed by atoms with Crippen molar-refractivity contribution < 1.29 is 28.5 Å². The maximum atomic E-state index is 12.1. The summed E-state index contributed by atoms with van der Waals surface area (Å²) in [5.74, 6) is 0.498. The van der Waals surface area contributed by atoms with E-state index in [-0.39, 0.29) is 6.10 Å². The maximum Gasteiger partial charge on any atom is 0.256 e. The van der Waals surface area contributed by atoms with E-state index in [4.69, 9.17) is 35.3 Å². The van der Waals surface area contributed by atoms with Crippen molar-refractivity contribution >= 4 is 16.8 Å². The predicted octanol–water partition coefficient (Wildman–Crippen LogP) is 6.36. The first-order valence-corrected chi connectivity index (χ1v) is 13.9. The fourth-order valence-corrected chi connectivity index (χ4v) is 4.20. The summed E-state index contributed by atoms with van der Waals surface area (Å²) in [7, 11) is 0. The molecule has 1 aliphatic heterocycles. The highest BCUT2D eigenvalue weighted by molar-refractivity contribution is 6.68. The van der Waals surface area contributed by atoms with E-state index in [2.05, 4.69) is 6.92 Å². The second-order valence-electron chi connectivity index (χ2n) is 9.11. The standard InChI is InChI=1S/C28H45ClO6/c1-2-3-4-5-6-7-8-9-11-24-12-13-27(26(22-24)28(29)30)35-23-25-14-17-33-19-18-31-15-10-16-32-20-21-34-25/h12-13,22,25H,2-11,14-21,23H2,1H3. The number of hydrogen-bond donors (Lipinski definition) is 0. The summed E-state index contributed by atoms with van der Waals surface area (Å²) < 4.78 is 28.7. The van der Waals surface area contributed by atoms with Crippen LogP contribution in [0.3, 0.4) is 0 Å². The van der Waals surface area contributed by atoms with E-state index in [1.54, 1.807) is 0 Å². The van der Waals surface area contributed by atoms with Gasteiger partial charge in [-0.3, -0.25) is 4.79 Å². The molecule has 1 aliphatic rings. The second kappa shape index (κ2) is 19.9. The molecule has 0 aliphatic carbocycles. The maximum absolute atomic E-state index is 12.1. The zero-order chi connectivity index (χ0) is 25.0. The van der Waals surface area contributed by atoms with Gasteiger partial charge in [0, 0.05) is 26.2 Å². The molecule has 1 atom stereocenters. The Morgan fingerprint density at radius 1 is 0.886 bits per heavy atom. The van der Waals surface area contributed by atoms with Crippen molar-refractivity contribution in [3.05, 3.63) is 29.3 Å². The SMILES string of the molecule is CCCCCCCCCCc1ccc(OCC2CCOCCOCCCOCCO2)c(C(=O)Cl)c1. The van der Waals surface area contributed by atoms with E-state index in [9.17, 15) is 4.79 Å². The van der Waals surface area contributed by atoms with Crippen LogP contribution in [0, 0.1) is 0 Å². The molecule has 1 aromatic rings. The van der Waals surface area contributed by atoms with Crippen molar-refractivity contribution in [1.29, 1.82) is 0 Å². The average molecular weight is 513 g/mol. The third-order valence-electron chi connectivity index (χ3n) is 6.11. The summed E-state index contributed by atoms with van der Waals surface area (Å²) >= 11 is 5.90. The van der Waals surface area contributed by atoms with Crippen LogP contribution < -0.4 is 4.74 Å². The Balaban J connectivity index is 1.80. The van der Waals surface area contributed by atoms with Gasteiger partial charge in [-0.05, 0) is 48.6 Å². The number of carbonyl (C=O) groups excluding carboxylic acids is 1. The third-order valence-corrected chi connectivity index (χ3v) is 6.32. The van der Waals surface area contributed by atoms with Crippen molar-refractivity contribution in [2.75, 3.05) is 52.9 Å². The number of carbonyl (C=O) groups is 1. The van der Waals surface area contributed by atoms with Gasteiger partial charge in [0.05, 0.1) is 38.1 Å². The van der Waals surface area contributed by atoms with Crippen LogP contribution in [0.2, 0.25) is 0 Å². The van der Waals surface area contributed by atoms with Gasteiger partial charge in [0.25, 0.3) is 5.24 Å². The molecule has 0 saturated carbocycles. The zero-order valence-corrected chi connectivity index (χ0v) is 22.3. The summed E-state index contributed by atoms with van der Waals surface area (Å²) in [6.45, 7) is 6.58. The number of halogens is 1. The van der Waals surface area contributed by atoms with Crippen molar-refractivity contribution in [2.24, 2.45) is 0 Å². The summed E-state index contributed by atoms with van der Waals surface area (Å²) in [5.41, 5.74) is 1.54. The summed E-state index contributed by atoms with van der Waals surface area (Å²) in [4.78, 5) is 12.1. The summed E-state index contributed by atoms with van der Waals surface area (Å²) in [6.07, 6.45) is 12.5. The van der Waals surface area contributed by atoms with E-state index in [1.807, 2.05) is 18.2 Å².